The van der Waals surface area contributed by atoms with Crippen molar-refractivity contribution < 1.29 is 9.47 Å². The van der Waals surface area contributed by atoms with Crippen LogP contribution in [-0.2, 0) is 6.54 Å². The van der Waals surface area contributed by atoms with E-state index in [0.29, 0.717) is 6.54 Å². The monoisotopic (exact) mass is 507 g/mol. The predicted octanol–water partition coefficient (Wildman–Crippen LogP) is 4.81. The number of benzene rings is 2. The first-order valence-electron chi connectivity index (χ1n) is 10.1. The number of fused-ring (bicyclic) bond motifs is 1. The molecule has 29 heavy (non-hydrogen) atoms. The van der Waals surface area contributed by atoms with Crippen LogP contribution in [0.25, 0.3) is 0 Å². The van der Waals surface area contributed by atoms with Gasteiger partial charge in [0.25, 0.3) is 0 Å². The molecule has 2 aromatic carbocycles. The lowest BCUT2D eigenvalue weighted by Gasteiger charge is -2.40. The summed E-state index contributed by atoms with van der Waals surface area (Å²) < 4.78 is 11.7. The van der Waals surface area contributed by atoms with Gasteiger partial charge in [-0.15, -0.1) is 24.0 Å². The van der Waals surface area contributed by atoms with Gasteiger partial charge in [0.05, 0.1) is 13.2 Å². The third-order valence-corrected chi connectivity index (χ3v) is 5.87. The van der Waals surface area contributed by atoms with Gasteiger partial charge in [0.15, 0.2) is 5.96 Å². The minimum atomic E-state index is -0.0269. The fourth-order valence-electron chi connectivity index (χ4n) is 4.36. The lowest BCUT2D eigenvalue weighted by Crippen LogP contribution is -2.46. The smallest absolute Gasteiger partial charge is 0.191 e. The number of methoxy groups -OCH3 is 1. The SMILES string of the molecule is CN=C(NCc1ccc(OC)cc1)NC1CC2(CCCC2)Oc2ccccc21.I. The van der Waals surface area contributed by atoms with Crippen molar-refractivity contribution in [1.82, 2.24) is 10.6 Å². The summed E-state index contributed by atoms with van der Waals surface area (Å²) in [5, 5.41) is 7.08. The molecule has 0 amide bonds. The molecule has 5 nitrogen and oxygen atoms in total. The molecule has 2 aromatic rings. The number of nitrogens with one attached hydrogen (secondary N) is 2. The molecule has 0 bridgehead atoms. The second kappa shape index (κ2) is 9.69. The Labute approximate surface area is 190 Å². The van der Waals surface area contributed by atoms with Gasteiger partial charge in [0.1, 0.15) is 17.1 Å². The van der Waals surface area contributed by atoms with Crippen LogP contribution in [0.15, 0.2) is 53.5 Å². The Morgan fingerprint density at radius 2 is 1.86 bits per heavy atom. The number of hydrogen-bond donors (Lipinski definition) is 2. The van der Waals surface area contributed by atoms with E-state index in [1.165, 1.54) is 24.0 Å². The molecule has 0 radical (unpaired) electrons. The Hall–Kier alpha value is -1.96. The van der Waals surface area contributed by atoms with Crippen LogP contribution in [-0.4, -0.2) is 25.7 Å². The maximum atomic E-state index is 6.46. The minimum Gasteiger partial charge on any atom is -0.497 e. The number of para-hydroxylation sites is 1. The Kier molecular flexibility index (Phi) is 7.27. The zero-order valence-corrected chi connectivity index (χ0v) is 19.4. The number of aliphatic imine (C=N–C) groups is 1. The molecule has 1 aliphatic heterocycles. The van der Waals surface area contributed by atoms with Crippen molar-refractivity contribution in [2.24, 2.45) is 4.99 Å². The number of rotatable bonds is 4. The van der Waals surface area contributed by atoms with E-state index in [0.717, 1.165) is 36.7 Å². The molecule has 1 atom stereocenters. The van der Waals surface area contributed by atoms with E-state index in [-0.39, 0.29) is 35.6 Å². The second-order valence-corrected chi connectivity index (χ2v) is 7.70. The normalized spacial score (nSPS) is 19.7. The van der Waals surface area contributed by atoms with Crippen LogP contribution >= 0.6 is 24.0 Å². The summed E-state index contributed by atoms with van der Waals surface area (Å²) in [6, 6.07) is 16.7. The average molecular weight is 507 g/mol. The van der Waals surface area contributed by atoms with Crippen molar-refractivity contribution in [3.05, 3.63) is 59.7 Å². The molecule has 4 rings (SSSR count). The Bertz CT molecular complexity index is 832. The fourth-order valence-corrected chi connectivity index (χ4v) is 4.36. The summed E-state index contributed by atoms with van der Waals surface area (Å²) in [5.41, 5.74) is 2.37. The van der Waals surface area contributed by atoms with Crippen LogP contribution in [0, 0.1) is 0 Å². The highest BCUT2D eigenvalue weighted by Gasteiger charge is 2.43. The van der Waals surface area contributed by atoms with Crippen LogP contribution in [0.4, 0.5) is 0 Å². The summed E-state index contributed by atoms with van der Waals surface area (Å²) in [5.74, 6) is 2.69. The Balaban J connectivity index is 0.00000240. The Morgan fingerprint density at radius 1 is 1.14 bits per heavy atom. The first-order valence-corrected chi connectivity index (χ1v) is 10.1. The van der Waals surface area contributed by atoms with E-state index >= 15 is 0 Å². The number of guanidine groups is 1. The Morgan fingerprint density at radius 3 is 2.55 bits per heavy atom. The highest BCUT2D eigenvalue weighted by atomic mass is 127. The first kappa shape index (κ1) is 21.7. The molecule has 156 valence electrons. The first-order chi connectivity index (χ1) is 13.7. The largest absolute Gasteiger partial charge is 0.497 e. The van der Waals surface area contributed by atoms with Gasteiger partial charge in [0.2, 0.25) is 0 Å². The van der Waals surface area contributed by atoms with E-state index in [4.69, 9.17) is 9.47 Å². The van der Waals surface area contributed by atoms with Gasteiger partial charge < -0.3 is 20.1 Å². The number of nitrogens with zero attached hydrogens (tertiary/aromatic N) is 1. The third-order valence-electron chi connectivity index (χ3n) is 5.87. The van der Waals surface area contributed by atoms with E-state index in [2.05, 4.69) is 52.0 Å². The standard InChI is InChI=1S/C23H29N3O2.HI/c1-24-22(25-16-17-9-11-18(27-2)12-10-17)26-20-15-23(13-5-6-14-23)28-21-8-4-3-7-19(20)21;/h3-4,7-12,20H,5-6,13-16H2,1-2H3,(H2,24,25,26);1H. The summed E-state index contributed by atoms with van der Waals surface area (Å²) in [6.45, 7) is 0.708. The molecule has 1 fully saturated rings. The quantitative estimate of drug-likeness (QED) is 0.354. The van der Waals surface area contributed by atoms with Crippen LogP contribution < -0.4 is 20.1 Å². The second-order valence-electron chi connectivity index (χ2n) is 7.70. The number of halogens is 1. The number of hydrogen-bond acceptors (Lipinski definition) is 3. The van der Waals surface area contributed by atoms with Crippen LogP contribution in [0.1, 0.15) is 49.3 Å². The molecule has 1 aliphatic carbocycles. The highest BCUT2D eigenvalue weighted by Crippen LogP contribution is 2.46. The molecular formula is C23H30IN3O2. The van der Waals surface area contributed by atoms with Gasteiger partial charge in [0, 0.05) is 25.6 Å². The minimum absolute atomic E-state index is 0. The topological polar surface area (TPSA) is 54.9 Å². The fraction of sp³-hybridized carbons (Fsp3) is 0.435. The third kappa shape index (κ3) is 4.97. The summed E-state index contributed by atoms with van der Waals surface area (Å²) in [7, 11) is 3.50. The highest BCUT2D eigenvalue weighted by molar-refractivity contribution is 14.0. The van der Waals surface area contributed by atoms with E-state index in [1.54, 1.807) is 7.11 Å². The van der Waals surface area contributed by atoms with Gasteiger partial charge >= 0.3 is 0 Å². The molecule has 1 spiro atoms. The van der Waals surface area contributed by atoms with Crippen molar-refractivity contribution in [1.29, 1.82) is 0 Å². The molecule has 6 heteroatoms. The summed E-state index contributed by atoms with van der Waals surface area (Å²) in [6.07, 6.45) is 5.75. The maximum Gasteiger partial charge on any atom is 0.191 e. The molecule has 2 aliphatic rings. The molecule has 1 heterocycles. The van der Waals surface area contributed by atoms with Crippen molar-refractivity contribution in [2.45, 2.75) is 50.3 Å². The molecule has 1 unspecified atom stereocenters. The van der Waals surface area contributed by atoms with Gasteiger partial charge in [-0.2, -0.15) is 0 Å². The molecule has 2 N–H and O–H groups in total. The van der Waals surface area contributed by atoms with E-state index in [1.807, 2.05) is 19.2 Å². The van der Waals surface area contributed by atoms with Gasteiger partial charge in [-0.25, -0.2) is 0 Å². The lowest BCUT2D eigenvalue weighted by molar-refractivity contribution is 0.0396. The predicted molar refractivity (Wildman–Crippen MR) is 127 cm³/mol. The lowest BCUT2D eigenvalue weighted by atomic mass is 9.86. The number of ether oxygens (including phenoxy) is 2. The molecular weight excluding hydrogens is 477 g/mol. The zero-order valence-electron chi connectivity index (χ0n) is 17.1. The average Bonchev–Trinajstić information content (AvgIpc) is 3.18. The van der Waals surface area contributed by atoms with Crippen molar-refractivity contribution in [3.63, 3.8) is 0 Å². The van der Waals surface area contributed by atoms with Crippen LogP contribution in [0.2, 0.25) is 0 Å². The summed E-state index contributed by atoms with van der Waals surface area (Å²) >= 11 is 0. The van der Waals surface area contributed by atoms with Crippen molar-refractivity contribution in [3.8, 4) is 11.5 Å². The summed E-state index contributed by atoms with van der Waals surface area (Å²) in [4.78, 5) is 4.45. The van der Waals surface area contributed by atoms with E-state index < -0.39 is 0 Å². The molecule has 0 aromatic heterocycles. The van der Waals surface area contributed by atoms with E-state index in [9.17, 15) is 0 Å². The maximum absolute atomic E-state index is 6.46. The van der Waals surface area contributed by atoms with Crippen LogP contribution in [0.5, 0.6) is 11.5 Å². The zero-order chi connectivity index (χ0) is 19.4. The van der Waals surface area contributed by atoms with Gasteiger partial charge in [-0.3, -0.25) is 4.99 Å². The molecule has 0 saturated heterocycles. The molecule has 1 saturated carbocycles. The van der Waals surface area contributed by atoms with Crippen LogP contribution in [0.3, 0.4) is 0 Å². The van der Waals surface area contributed by atoms with Crippen molar-refractivity contribution >= 4 is 29.9 Å². The van der Waals surface area contributed by atoms with Crippen molar-refractivity contribution in [2.75, 3.05) is 14.2 Å². The van der Waals surface area contributed by atoms with Gasteiger partial charge in [-0.1, -0.05) is 30.3 Å². The van der Waals surface area contributed by atoms with Gasteiger partial charge in [-0.05, 0) is 49.4 Å².